The standard InChI is InChI=1S/C25H33NO6S/c1-5-6-7-24(16-17-25(27)32-4)33(28,29)26(18-20-8-12-22(30-2)13-9-20)19-21-10-14-23(31-3)15-11-21/h5,8-15,24H,1,6-7,16-19H2,2-4H3. The fourth-order valence-corrected chi connectivity index (χ4v) is 5.37. The van der Waals surface area contributed by atoms with E-state index in [1.165, 1.54) is 11.4 Å². The zero-order chi connectivity index (χ0) is 24.3. The fraction of sp³-hybridized carbons (Fsp3) is 0.400. The van der Waals surface area contributed by atoms with Crippen molar-refractivity contribution in [1.29, 1.82) is 0 Å². The molecule has 0 aromatic heterocycles. The van der Waals surface area contributed by atoms with E-state index in [4.69, 9.17) is 14.2 Å². The van der Waals surface area contributed by atoms with Crippen LogP contribution in [0.2, 0.25) is 0 Å². The summed E-state index contributed by atoms with van der Waals surface area (Å²) in [6.45, 7) is 4.11. The maximum Gasteiger partial charge on any atom is 0.305 e. The van der Waals surface area contributed by atoms with E-state index in [1.54, 1.807) is 44.6 Å². The summed E-state index contributed by atoms with van der Waals surface area (Å²) < 4.78 is 44.2. The summed E-state index contributed by atoms with van der Waals surface area (Å²) in [4.78, 5) is 11.7. The molecule has 2 rings (SSSR count). The van der Waals surface area contributed by atoms with Gasteiger partial charge in [0.05, 0.1) is 26.6 Å². The molecule has 0 saturated heterocycles. The first-order valence-corrected chi connectivity index (χ1v) is 12.3. The van der Waals surface area contributed by atoms with E-state index in [-0.39, 0.29) is 25.9 Å². The van der Waals surface area contributed by atoms with Crippen molar-refractivity contribution in [3.63, 3.8) is 0 Å². The number of esters is 1. The highest BCUT2D eigenvalue weighted by molar-refractivity contribution is 7.89. The first-order valence-electron chi connectivity index (χ1n) is 10.8. The van der Waals surface area contributed by atoms with Crippen molar-refractivity contribution in [2.24, 2.45) is 0 Å². The summed E-state index contributed by atoms with van der Waals surface area (Å²) in [5, 5.41) is -0.730. The molecule has 1 atom stereocenters. The highest BCUT2D eigenvalue weighted by Crippen LogP contribution is 2.25. The maximum atomic E-state index is 13.8. The number of ether oxygens (including phenoxy) is 3. The van der Waals surface area contributed by atoms with Gasteiger partial charge in [-0.15, -0.1) is 6.58 Å². The summed E-state index contributed by atoms with van der Waals surface area (Å²) in [6.07, 6.45) is 2.83. The second-order valence-corrected chi connectivity index (χ2v) is 9.83. The molecule has 7 nitrogen and oxygen atoms in total. The molecule has 0 heterocycles. The van der Waals surface area contributed by atoms with Crippen LogP contribution >= 0.6 is 0 Å². The van der Waals surface area contributed by atoms with Gasteiger partial charge in [0.2, 0.25) is 10.0 Å². The van der Waals surface area contributed by atoms with Crippen LogP contribution in [0.4, 0.5) is 0 Å². The highest BCUT2D eigenvalue weighted by Gasteiger charge is 2.32. The number of nitrogens with zero attached hydrogens (tertiary/aromatic N) is 1. The Bertz CT molecular complexity index is 937. The molecule has 2 aromatic rings. The number of carbonyl (C=O) groups excluding carboxylic acids is 1. The van der Waals surface area contributed by atoms with Gasteiger partial charge in [-0.05, 0) is 54.7 Å². The van der Waals surface area contributed by atoms with E-state index >= 15 is 0 Å². The Labute approximate surface area is 197 Å². The van der Waals surface area contributed by atoms with Gasteiger partial charge in [-0.3, -0.25) is 4.79 Å². The first kappa shape index (κ1) is 26.4. The van der Waals surface area contributed by atoms with Crippen LogP contribution in [0.15, 0.2) is 61.2 Å². The lowest BCUT2D eigenvalue weighted by Gasteiger charge is -2.28. The minimum absolute atomic E-state index is 0.0381. The van der Waals surface area contributed by atoms with Crippen LogP contribution in [0.1, 0.15) is 36.8 Å². The normalized spacial score (nSPS) is 12.2. The fourth-order valence-electron chi connectivity index (χ4n) is 3.44. The first-order chi connectivity index (χ1) is 15.8. The van der Waals surface area contributed by atoms with Crippen LogP contribution in [0.25, 0.3) is 0 Å². The SMILES string of the molecule is C=CCCC(CCC(=O)OC)S(=O)(=O)N(Cc1ccc(OC)cc1)Cc1ccc(OC)cc1. The molecule has 0 amide bonds. The zero-order valence-electron chi connectivity index (χ0n) is 19.5. The summed E-state index contributed by atoms with van der Waals surface area (Å²) >= 11 is 0. The van der Waals surface area contributed by atoms with Crippen molar-refractivity contribution >= 4 is 16.0 Å². The van der Waals surface area contributed by atoms with Crippen molar-refractivity contribution in [3.05, 3.63) is 72.3 Å². The molecule has 0 bridgehead atoms. The lowest BCUT2D eigenvalue weighted by Crippen LogP contribution is -2.38. The summed E-state index contributed by atoms with van der Waals surface area (Å²) in [5.41, 5.74) is 1.67. The van der Waals surface area contributed by atoms with Gasteiger partial charge in [0.25, 0.3) is 0 Å². The molecule has 0 aliphatic carbocycles. The molecule has 0 saturated carbocycles. The number of benzene rings is 2. The molecule has 0 spiro atoms. The van der Waals surface area contributed by atoms with Gasteiger partial charge in [-0.1, -0.05) is 30.3 Å². The summed E-state index contributed by atoms with van der Waals surface area (Å²) in [5.74, 6) is 0.973. The van der Waals surface area contributed by atoms with Crippen molar-refractivity contribution in [2.75, 3.05) is 21.3 Å². The molecule has 33 heavy (non-hydrogen) atoms. The minimum atomic E-state index is -3.75. The Morgan fingerprint density at radius 3 is 1.79 bits per heavy atom. The zero-order valence-corrected chi connectivity index (χ0v) is 20.3. The van der Waals surface area contributed by atoms with Crippen LogP contribution < -0.4 is 9.47 Å². The number of hydrogen-bond acceptors (Lipinski definition) is 6. The van der Waals surface area contributed by atoms with E-state index in [1.807, 2.05) is 24.3 Å². The number of rotatable bonds is 14. The van der Waals surface area contributed by atoms with Crippen molar-refractivity contribution in [1.82, 2.24) is 4.31 Å². The van der Waals surface area contributed by atoms with E-state index in [0.717, 1.165) is 11.1 Å². The molecule has 0 fully saturated rings. The van der Waals surface area contributed by atoms with Crippen molar-refractivity contribution in [3.8, 4) is 11.5 Å². The molecule has 0 radical (unpaired) electrons. The van der Waals surface area contributed by atoms with Gasteiger partial charge in [0.15, 0.2) is 0 Å². The average Bonchev–Trinajstić information content (AvgIpc) is 2.84. The molecular formula is C25H33NO6S. The predicted molar refractivity (Wildman–Crippen MR) is 129 cm³/mol. The molecule has 1 unspecified atom stereocenters. The highest BCUT2D eigenvalue weighted by atomic mass is 32.2. The molecule has 2 aromatic carbocycles. The van der Waals surface area contributed by atoms with Crippen molar-refractivity contribution in [2.45, 2.75) is 44.0 Å². The number of carbonyl (C=O) groups is 1. The molecular weight excluding hydrogens is 442 g/mol. The number of hydrogen-bond donors (Lipinski definition) is 0. The Morgan fingerprint density at radius 1 is 0.909 bits per heavy atom. The Morgan fingerprint density at radius 2 is 1.39 bits per heavy atom. The van der Waals surface area contributed by atoms with Crippen LogP contribution in [0.5, 0.6) is 11.5 Å². The van der Waals surface area contributed by atoms with E-state index in [0.29, 0.717) is 24.3 Å². The second-order valence-electron chi connectivity index (χ2n) is 7.61. The van der Waals surface area contributed by atoms with Crippen LogP contribution in [0.3, 0.4) is 0 Å². The van der Waals surface area contributed by atoms with E-state index in [2.05, 4.69) is 6.58 Å². The third-order valence-electron chi connectivity index (χ3n) is 5.41. The Hall–Kier alpha value is -2.84. The van der Waals surface area contributed by atoms with Crippen molar-refractivity contribution < 1.29 is 27.4 Å². The third-order valence-corrected chi connectivity index (χ3v) is 7.70. The van der Waals surface area contributed by atoms with Gasteiger partial charge in [-0.25, -0.2) is 8.42 Å². The van der Waals surface area contributed by atoms with Gasteiger partial charge in [0.1, 0.15) is 11.5 Å². The molecule has 0 aliphatic heterocycles. The number of allylic oxidation sites excluding steroid dienone is 1. The topological polar surface area (TPSA) is 82.1 Å². The van der Waals surface area contributed by atoms with Gasteiger partial charge in [-0.2, -0.15) is 4.31 Å². The lowest BCUT2D eigenvalue weighted by molar-refractivity contribution is -0.140. The summed E-state index contributed by atoms with van der Waals surface area (Å²) in [6, 6.07) is 14.6. The average molecular weight is 476 g/mol. The maximum absolute atomic E-state index is 13.8. The van der Waals surface area contributed by atoms with Crippen LogP contribution in [-0.2, 0) is 32.6 Å². The van der Waals surface area contributed by atoms with Gasteiger partial charge in [0, 0.05) is 19.5 Å². The third kappa shape index (κ3) is 7.91. The Balaban J connectivity index is 2.36. The predicted octanol–water partition coefficient (Wildman–Crippen LogP) is 4.32. The molecule has 8 heteroatoms. The smallest absolute Gasteiger partial charge is 0.305 e. The molecule has 180 valence electrons. The lowest BCUT2D eigenvalue weighted by atomic mass is 10.1. The largest absolute Gasteiger partial charge is 0.497 e. The van der Waals surface area contributed by atoms with Crippen LogP contribution in [0, 0.1) is 0 Å². The molecule has 0 aliphatic rings. The second kappa shape index (κ2) is 13.0. The summed E-state index contributed by atoms with van der Waals surface area (Å²) in [7, 11) is 0.718. The quantitative estimate of drug-likeness (QED) is 0.299. The number of methoxy groups -OCH3 is 3. The van der Waals surface area contributed by atoms with Crippen LogP contribution in [-0.4, -0.2) is 45.3 Å². The van der Waals surface area contributed by atoms with E-state index < -0.39 is 21.2 Å². The Kier molecular flexibility index (Phi) is 10.4. The van der Waals surface area contributed by atoms with Gasteiger partial charge >= 0.3 is 5.97 Å². The molecule has 0 N–H and O–H groups in total. The monoisotopic (exact) mass is 475 g/mol. The van der Waals surface area contributed by atoms with Gasteiger partial charge < -0.3 is 14.2 Å². The minimum Gasteiger partial charge on any atom is -0.497 e. The van der Waals surface area contributed by atoms with E-state index in [9.17, 15) is 13.2 Å². The number of sulfonamides is 1.